The van der Waals surface area contributed by atoms with Gasteiger partial charge >= 0.3 is 0 Å². The van der Waals surface area contributed by atoms with Crippen LogP contribution in [0.4, 0.5) is 5.69 Å². The molecule has 1 atom stereocenters. The molecule has 1 N–H and O–H groups in total. The average molecular weight is 282 g/mol. The molecule has 1 aromatic carbocycles. The van der Waals surface area contributed by atoms with Gasteiger partial charge in [-0.2, -0.15) is 0 Å². The van der Waals surface area contributed by atoms with Gasteiger partial charge in [-0.05, 0) is 43.4 Å². The van der Waals surface area contributed by atoms with Crippen LogP contribution in [0.2, 0.25) is 5.02 Å². The molecule has 1 heterocycles. The number of benzene rings is 1. The highest BCUT2D eigenvalue weighted by Crippen LogP contribution is 2.32. The topological polar surface area (TPSA) is 23.5 Å². The van der Waals surface area contributed by atoms with E-state index in [9.17, 15) is 5.11 Å². The molecule has 1 aliphatic heterocycles. The first-order valence-corrected chi connectivity index (χ1v) is 7.72. The summed E-state index contributed by atoms with van der Waals surface area (Å²) in [6.07, 6.45) is 4.71. The lowest BCUT2D eigenvalue weighted by molar-refractivity contribution is 0.199. The Labute approximate surface area is 121 Å². The molecule has 0 amide bonds. The number of halogens is 1. The molecule has 19 heavy (non-hydrogen) atoms. The molecule has 1 aromatic rings. The molecule has 1 saturated heterocycles. The van der Waals surface area contributed by atoms with Crippen LogP contribution in [-0.4, -0.2) is 18.2 Å². The highest BCUT2D eigenvalue weighted by atomic mass is 35.5. The van der Waals surface area contributed by atoms with Crippen LogP contribution in [0.15, 0.2) is 18.2 Å². The lowest BCUT2D eigenvalue weighted by Gasteiger charge is -2.34. The van der Waals surface area contributed by atoms with Crippen molar-refractivity contribution in [3.63, 3.8) is 0 Å². The van der Waals surface area contributed by atoms with Gasteiger partial charge in [0, 0.05) is 13.1 Å². The maximum Gasteiger partial charge on any atom is 0.0762 e. The molecule has 0 unspecified atom stereocenters. The maximum absolute atomic E-state index is 9.57. The summed E-state index contributed by atoms with van der Waals surface area (Å²) in [4.78, 5) is 2.38. The van der Waals surface area contributed by atoms with E-state index >= 15 is 0 Å². The Morgan fingerprint density at radius 2 is 2.05 bits per heavy atom. The Kier molecular flexibility index (Phi) is 5.12. The summed E-state index contributed by atoms with van der Waals surface area (Å²) in [6.45, 7) is 6.22. The third kappa shape index (κ3) is 3.64. The highest BCUT2D eigenvalue weighted by molar-refractivity contribution is 6.33. The van der Waals surface area contributed by atoms with Crippen LogP contribution in [0.1, 0.15) is 51.2 Å². The van der Waals surface area contributed by atoms with E-state index in [-0.39, 0.29) is 0 Å². The van der Waals surface area contributed by atoms with Crippen LogP contribution in [-0.2, 0) is 0 Å². The van der Waals surface area contributed by atoms with Crippen LogP contribution in [0, 0.1) is 5.92 Å². The van der Waals surface area contributed by atoms with Crippen LogP contribution in [0.3, 0.4) is 0 Å². The van der Waals surface area contributed by atoms with E-state index in [2.05, 4.69) is 11.8 Å². The molecule has 3 heteroatoms. The number of nitrogens with zero attached hydrogens (tertiary/aromatic N) is 1. The molecular formula is C16H24ClNO. The zero-order chi connectivity index (χ0) is 13.8. The third-order valence-electron chi connectivity index (χ3n) is 4.11. The van der Waals surface area contributed by atoms with Gasteiger partial charge in [0.2, 0.25) is 0 Å². The number of anilines is 1. The first-order chi connectivity index (χ1) is 9.11. The molecule has 2 rings (SSSR count). The summed E-state index contributed by atoms with van der Waals surface area (Å²) in [5, 5.41) is 10.3. The molecule has 0 aliphatic carbocycles. The van der Waals surface area contributed by atoms with Gasteiger partial charge in [0.15, 0.2) is 0 Å². The fourth-order valence-electron chi connectivity index (χ4n) is 2.91. The Morgan fingerprint density at radius 3 is 2.58 bits per heavy atom. The van der Waals surface area contributed by atoms with Crippen LogP contribution < -0.4 is 4.90 Å². The first-order valence-electron chi connectivity index (χ1n) is 7.34. The van der Waals surface area contributed by atoms with E-state index in [4.69, 9.17) is 11.6 Å². The van der Waals surface area contributed by atoms with Gasteiger partial charge in [-0.15, -0.1) is 0 Å². The zero-order valence-electron chi connectivity index (χ0n) is 11.9. The second-order valence-electron chi connectivity index (χ2n) is 5.61. The Morgan fingerprint density at radius 1 is 1.37 bits per heavy atom. The summed E-state index contributed by atoms with van der Waals surface area (Å²) in [6, 6.07) is 5.91. The van der Waals surface area contributed by atoms with Gasteiger partial charge in [-0.3, -0.25) is 0 Å². The van der Waals surface area contributed by atoms with Crippen molar-refractivity contribution in [3.8, 4) is 0 Å². The largest absolute Gasteiger partial charge is 0.389 e. The molecule has 1 fully saturated rings. The van der Waals surface area contributed by atoms with E-state index in [0.29, 0.717) is 0 Å². The van der Waals surface area contributed by atoms with Gasteiger partial charge in [0.05, 0.1) is 16.8 Å². The van der Waals surface area contributed by atoms with Gasteiger partial charge < -0.3 is 10.0 Å². The monoisotopic (exact) mass is 281 g/mol. The molecular weight excluding hydrogens is 258 g/mol. The van der Waals surface area contributed by atoms with E-state index in [0.717, 1.165) is 35.3 Å². The summed E-state index contributed by atoms with van der Waals surface area (Å²) in [5.74, 6) is 0.886. The van der Waals surface area contributed by atoms with Crippen LogP contribution in [0.25, 0.3) is 0 Å². The van der Waals surface area contributed by atoms with Crippen molar-refractivity contribution >= 4 is 17.3 Å². The van der Waals surface area contributed by atoms with Gasteiger partial charge in [-0.25, -0.2) is 0 Å². The van der Waals surface area contributed by atoms with E-state index < -0.39 is 6.10 Å². The Balaban J connectivity index is 2.03. The fraction of sp³-hybridized carbons (Fsp3) is 0.625. The zero-order valence-corrected chi connectivity index (χ0v) is 12.7. The van der Waals surface area contributed by atoms with Gasteiger partial charge in [-0.1, -0.05) is 37.4 Å². The fourth-order valence-corrected chi connectivity index (χ4v) is 3.22. The summed E-state index contributed by atoms with van der Waals surface area (Å²) < 4.78 is 0. The SMILES string of the molecule is CCCC1CCN(c2ccc([C@H](C)O)cc2Cl)CC1. The van der Waals surface area contributed by atoms with Crippen LogP contribution in [0.5, 0.6) is 0 Å². The van der Waals surface area contributed by atoms with Crippen molar-refractivity contribution in [3.05, 3.63) is 28.8 Å². The minimum atomic E-state index is -0.457. The normalized spacial score (nSPS) is 18.6. The lowest BCUT2D eigenvalue weighted by Crippen LogP contribution is -2.33. The van der Waals surface area contributed by atoms with Crippen molar-refractivity contribution < 1.29 is 5.11 Å². The predicted molar refractivity (Wildman–Crippen MR) is 81.9 cm³/mol. The number of aliphatic hydroxyl groups is 1. The average Bonchev–Trinajstić information content (AvgIpc) is 2.40. The molecule has 106 valence electrons. The highest BCUT2D eigenvalue weighted by Gasteiger charge is 2.20. The second-order valence-corrected chi connectivity index (χ2v) is 6.01. The number of piperidine rings is 1. The number of aliphatic hydroxyl groups excluding tert-OH is 1. The number of rotatable bonds is 4. The first kappa shape index (κ1) is 14.7. The van der Waals surface area contributed by atoms with Crippen molar-refractivity contribution in [1.29, 1.82) is 0 Å². The third-order valence-corrected chi connectivity index (χ3v) is 4.41. The molecule has 0 radical (unpaired) electrons. The Hall–Kier alpha value is -0.730. The maximum atomic E-state index is 9.57. The van der Waals surface area contributed by atoms with Crippen molar-refractivity contribution in [2.24, 2.45) is 5.92 Å². The molecule has 1 aliphatic rings. The summed E-state index contributed by atoms with van der Waals surface area (Å²) in [7, 11) is 0. The Bertz CT molecular complexity index is 411. The smallest absolute Gasteiger partial charge is 0.0762 e. The van der Waals surface area contributed by atoms with Gasteiger partial charge in [0.25, 0.3) is 0 Å². The quantitative estimate of drug-likeness (QED) is 0.884. The van der Waals surface area contributed by atoms with Crippen LogP contribution >= 0.6 is 11.6 Å². The lowest BCUT2D eigenvalue weighted by atomic mass is 9.92. The standard InChI is InChI=1S/C16H24ClNO/c1-3-4-13-7-9-18(10-8-13)16-6-5-14(12(2)19)11-15(16)17/h5-6,11-13,19H,3-4,7-10H2,1-2H3/t12-/m0/s1. The van der Waals surface area contributed by atoms with Crippen molar-refractivity contribution in [2.75, 3.05) is 18.0 Å². The summed E-state index contributed by atoms with van der Waals surface area (Å²) >= 11 is 6.35. The molecule has 0 saturated carbocycles. The molecule has 0 bridgehead atoms. The minimum absolute atomic E-state index is 0.457. The van der Waals surface area contributed by atoms with E-state index in [1.807, 2.05) is 18.2 Å². The number of hydrogen-bond acceptors (Lipinski definition) is 2. The second kappa shape index (κ2) is 6.62. The van der Waals surface area contributed by atoms with Gasteiger partial charge in [0.1, 0.15) is 0 Å². The minimum Gasteiger partial charge on any atom is -0.389 e. The predicted octanol–water partition coefficient (Wildman–Crippen LogP) is 4.41. The summed E-state index contributed by atoms with van der Waals surface area (Å²) in [5.41, 5.74) is 2.00. The van der Waals surface area contributed by atoms with Crippen molar-refractivity contribution in [1.82, 2.24) is 0 Å². The van der Waals surface area contributed by atoms with Crippen molar-refractivity contribution in [2.45, 2.75) is 45.6 Å². The molecule has 0 aromatic heterocycles. The molecule has 0 spiro atoms. The number of hydrogen-bond donors (Lipinski definition) is 1. The molecule has 2 nitrogen and oxygen atoms in total. The van der Waals surface area contributed by atoms with E-state index in [1.165, 1.54) is 25.7 Å². The van der Waals surface area contributed by atoms with E-state index in [1.54, 1.807) is 6.92 Å².